The molecule has 23 heavy (non-hydrogen) atoms. The Morgan fingerprint density at radius 3 is 2.26 bits per heavy atom. The maximum absolute atomic E-state index is 12.3. The number of fused-ring (bicyclic) bond motifs is 1. The van der Waals surface area contributed by atoms with Gasteiger partial charge in [0.05, 0.1) is 6.54 Å². The maximum Gasteiger partial charge on any atom is 0.334 e. The van der Waals surface area contributed by atoms with E-state index in [0.29, 0.717) is 34.7 Å². The molecule has 0 bridgehead atoms. The predicted molar refractivity (Wildman–Crippen MR) is 83.1 cm³/mol. The molecule has 2 aliphatic heterocycles. The summed E-state index contributed by atoms with van der Waals surface area (Å²) in [6.07, 6.45) is 0. The average molecular weight is 383 g/mol. The smallest absolute Gasteiger partial charge is 0.334 e. The van der Waals surface area contributed by atoms with Gasteiger partial charge in [0.25, 0.3) is 0 Å². The van der Waals surface area contributed by atoms with Crippen LogP contribution >= 0.6 is 15.9 Å². The van der Waals surface area contributed by atoms with Crippen LogP contribution in [-0.2, 0) is 16.1 Å². The van der Waals surface area contributed by atoms with E-state index in [2.05, 4.69) is 15.9 Å². The summed E-state index contributed by atoms with van der Waals surface area (Å²) in [4.78, 5) is 38.2. The lowest BCUT2D eigenvalue weighted by Crippen LogP contribution is -2.37. The van der Waals surface area contributed by atoms with Crippen LogP contribution in [0.1, 0.15) is 19.4 Å². The molecule has 0 unspecified atom stereocenters. The number of nitrogens with zero attached hydrogens (tertiary/aromatic N) is 2. The number of carbonyl (C=O) groups excluding carboxylic acids is 3. The van der Waals surface area contributed by atoms with Crippen molar-refractivity contribution in [1.82, 2.24) is 9.80 Å². The topological polar surface area (TPSA) is 76.2 Å². The SMILES string of the molecule is CC(C)N1C(=O)C(=O)N(Cc2cc3c(cc2Br)OCCO3)C1=O. The molecule has 4 amide bonds. The van der Waals surface area contributed by atoms with Crippen molar-refractivity contribution in [3.05, 3.63) is 22.2 Å². The summed E-state index contributed by atoms with van der Waals surface area (Å²) in [5.74, 6) is -0.449. The zero-order valence-corrected chi connectivity index (χ0v) is 14.3. The van der Waals surface area contributed by atoms with Crippen LogP contribution in [0, 0.1) is 0 Å². The molecule has 1 aromatic carbocycles. The minimum absolute atomic E-state index is 0.0101. The van der Waals surface area contributed by atoms with E-state index in [4.69, 9.17) is 9.47 Å². The van der Waals surface area contributed by atoms with E-state index in [-0.39, 0.29) is 12.6 Å². The molecule has 0 N–H and O–H groups in total. The first-order valence-electron chi connectivity index (χ1n) is 7.17. The minimum atomic E-state index is -0.814. The quantitative estimate of drug-likeness (QED) is 0.589. The molecule has 1 fully saturated rings. The van der Waals surface area contributed by atoms with Crippen molar-refractivity contribution in [1.29, 1.82) is 0 Å². The van der Waals surface area contributed by atoms with Crippen molar-refractivity contribution < 1.29 is 23.9 Å². The van der Waals surface area contributed by atoms with Crippen molar-refractivity contribution in [3.8, 4) is 11.5 Å². The van der Waals surface area contributed by atoms with E-state index in [1.165, 1.54) is 0 Å². The molecule has 122 valence electrons. The zero-order valence-electron chi connectivity index (χ0n) is 12.7. The van der Waals surface area contributed by atoms with Crippen LogP contribution < -0.4 is 9.47 Å². The molecule has 0 saturated carbocycles. The number of amides is 4. The molecule has 3 rings (SSSR count). The van der Waals surface area contributed by atoms with Gasteiger partial charge in [-0.25, -0.2) is 4.79 Å². The summed E-state index contributed by atoms with van der Waals surface area (Å²) in [5, 5.41) is 0. The highest BCUT2D eigenvalue weighted by atomic mass is 79.9. The van der Waals surface area contributed by atoms with Gasteiger partial charge in [-0.3, -0.25) is 19.4 Å². The molecule has 0 radical (unpaired) electrons. The predicted octanol–water partition coefficient (Wildman–Crippen LogP) is 1.92. The first-order chi connectivity index (χ1) is 10.9. The molecular weight excluding hydrogens is 368 g/mol. The summed E-state index contributed by atoms with van der Waals surface area (Å²) >= 11 is 3.40. The van der Waals surface area contributed by atoms with Crippen molar-refractivity contribution in [2.75, 3.05) is 13.2 Å². The normalized spacial score (nSPS) is 17.5. The number of hydrogen-bond donors (Lipinski definition) is 0. The van der Waals surface area contributed by atoms with Crippen LogP contribution in [0.2, 0.25) is 0 Å². The summed E-state index contributed by atoms with van der Waals surface area (Å²) < 4.78 is 11.7. The molecule has 0 aliphatic carbocycles. The van der Waals surface area contributed by atoms with Crippen LogP contribution in [0.15, 0.2) is 16.6 Å². The van der Waals surface area contributed by atoms with E-state index >= 15 is 0 Å². The van der Waals surface area contributed by atoms with Gasteiger partial charge in [-0.05, 0) is 31.5 Å². The second-order valence-corrected chi connectivity index (χ2v) is 6.38. The van der Waals surface area contributed by atoms with Gasteiger partial charge in [-0.1, -0.05) is 15.9 Å². The molecule has 0 aromatic heterocycles. The highest BCUT2D eigenvalue weighted by Gasteiger charge is 2.45. The molecule has 1 aromatic rings. The van der Waals surface area contributed by atoms with Crippen LogP contribution in [0.5, 0.6) is 11.5 Å². The Morgan fingerprint density at radius 2 is 1.70 bits per heavy atom. The third kappa shape index (κ3) is 2.67. The molecule has 1 saturated heterocycles. The Labute approximate surface area is 141 Å². The van der Waals surface area contributed by atoms with Gasteiger partial charge in [0.15, 0.2) is 11.5 Å². The Bertz CT molecular complexity index is 703. The lowest BCUT2D eigenvalue weighted by Gasteiger charge is -2.22. The van der Waals surface area contributed by atoms with Gasteiger partial charge in [-0.15, -0.1) is 0 Å². The molecular formula is C15H15BrN2O5. The van der Waals surface area contributed by atoms with Gasteiger partial charge in [-0.2, -0.15) is 0 Å². The third-order valence-corrected chi connectivity index (χ3v) is 4.38. The fourth-order valence-corrected chi connectivity index (χ4v) is 2.96. The highest BCUT2D eigenvalue weighted by Crippen LogP contribution is 2.36. The van der Waals surface area contributed by atoms with Crippen LogP contribution in [0.3, 0.4) is 0 Å². The Balaban J connectivity index is 1.89. The molecule has 2 heterocycles. The third-order valence-electron chi connectivity index (χ3n) is 3.64. The lowest BCUT2D eigenvalue weighted by atomic mass is 10.2. The van der Waals surface area contributed by atoms with E-state index in [1.54, 1.807) is 26.0 Å². The molecule has 0 atom stereocenters. The number of halogens is 1. The zero-order chi connectivity index (χ0) is 16.7. The maximum atomic E-state index is 12.3. The van der Waals surface area contributed by atoms with E-state index < -0.39 is 17.8 Å². The van der Waals surface area contributed by atoms with Crippen LogP contribution in [-0.4, -0.2) is 46.9 Å². The molecule has 7 nitrogen and oxygen atoms in total. The second-order valence-electron chi connectivity index (χ2n) is 5.53. The summed E-state index contributed by atoms with van der Waals surface area (Å²) in [7, 11) is 0. The summed E-state index contributed by atoms with van der Waals surface area (Å²) in [6.45, 7) is 4.28. The number of imide groups is 2. The minimum Gasteiger partial charge on any atom is -0.486 e. The fourth-order valence-electron chi connectivity index (χ4n) is 2.51. The van der Waals surface area contributed by atoms with Crippen LogP contribution in [0.25, 0.3) is 0 Å². The average Bonchev–Trinajstić information content (AvgIpc) is 2.71. The first kappa shape index (κ1) is 15.8. The van der Waals surface area contributed by atoms with Crippen molar-refractivity contribution in [2.45, 2.75) is 26.4 Å². The second kappa shape index (κ2) is 5.84. The Kier molecular flexibility index (Phi) is 4.01. The van der Waals surface area contributed by atoms with Gasteiger partial charge < -0.3 is 9.47 Å². The van der Waals surface area contributed by atoms with E-state index in [1.807, 2.05) is 0 Å². The van der Waals surface area contributed by atoms with Gasteiger partial charge in [0.1, 0.15) is 13.2 Å². The number of carbonyl (C=O) groups is 3. The fraction of sp³-hybridized carbons (Fsp3) is 0.400. The van der Waals surface area contributed by atoms with Gasteiger partial charge >= 0.3 is 17.8 Å². The van der Waals surface area contributed by atoms with Crippen LogP contribution in [0.4, 0.5) is 4.79 Å². The van der Waals surface area contributed by atoms with Crippen molar-refractivity contribution >= 4 is 33.8 Å². The number of rotatable bonds is 3. The van der Waals surface area contributed by atoms with E-state index in [9.17, 15) is 14.4 Å². The summed E-state index contributed by atoms with van der Waals surface area (Å²) in [5.41, 5.74) is 0.661. The molecule has 2 aliphatic rings. The summed E-state index contributed by atoms with van der Waals surface area (Å²) in [6, 6.07) is 2.47. The number of urea groups is 1. The number of hydrogen-bond acceptors (Lipinski definition) is 5. The largest absolute Gasteiger partial charge is 0.486 e. The monoisotopic (exact) mass is 382 g/mol. The lowest BCUT2D eigenvalue weighted by molar-refractivity contribution is -0.144. The highest BCUT2D eigenvalue weighted by molar-refractivity contribution is 9.10. The number of ether oxygens (including phenoxy) is 2. The Morgan fingerprint density at radius 1 is 1.09 bits per heavy atom. The molecule has 8 heteroatoms. The van der Waals surface area contributed by atoms with Gasteiger partial charge in [0.2, 0.25) is 0 Å². The van der Waals surface area contributed by atoms with Crippen molar-refractivity contribution in [3.63, 3.8) is 0 Å². The first-order valence-corrected chi connectivity index (χ1v) is 7.96. The van der Waals surface area contributed by atoms with E-state index in [0.717, 1.165) is 9.80 Å². The van der Waals surface area contributed by atoms with Crippen molar-refractivity contribution in [2.24, 2.45) is 0 Å². The Hall–Kier alpha value is -2.09. The standard InChI is InChI=1S/C15H15BrN2O5/c1-8(2)18-14(20)13(19)17(15(18)21)7-9-5-11-12(6-10(9)16)23-4-3-22-11/h5-6,8H,3-4,7H2,1-2H3. The van der Waals surface area contributed by atoms with Gasteiger partial charge in [0, 0.05) is 10.5 Å². The molecule has 0 spiro atoms. The number of benzene rings is 1.